The highest BCUT2D eigenvalue weighted by atomic mass is 16.5. The number of carbonyl (C=O) groups is 5. The van der Waals surface area contributed by atoms with Gasteiger partial charge in [-0.3, -0.25) is 28.9 Å². The van der Waals surface area contributed by atoms with E-state index in [1.807, 2.05) is 71.0 Å². The molecule has 2 aliphatic rings. The smallest absolute Gasteiger partial charge is 0.325 e. The standard InChI is InChI=1S/C40H63N5O6/c1-11-51-34(46)26-43(25-30-18-13-12-14-19-30)38(49)32-21-17-23-45(32)37(48)29(6)24-33(27(2)3)42(10)39(50)35(40(7,8)9)41-36(47)31-20-15-16-22-44(31)28(4)5/h12-14,18-19,24,27-28,31-33,35H,11,15-17,20-23,25-26H2,1-10H3,(H,41,47)/b29-24+/t31-,32+,33-,35-/m1/s1. The number of nitrogens with zero attached hydrogens (tertiary/aromatic N) is 4. The third kappa shape index (κ3) is 11.1. The average molecular weight is 710 g/mol. The number of rotatable bonds is 14. The van der Waals surface area contributed by atoms with Crippen LogP contribution in [-0.4, -0.2) is 113 Å². The van der Waals surface area contributed by atoms with Crippen LogP contribution in [0.15, 0.2) is 42.0 Å². The Kier molecular flexibility index (Phi) is 15.3. The second-order valence-corrected chi connectivity index (χ2v) is 15.8. The van der Waals surface area contributed by atoms with Gasteiger partial charge in [0.2, 0.25) is 23.6 Å². The van der Waals surface area contributed by atoms with Crippen LogP contribution < -0.4 is 5.32 Å². The van der Waals surface area contributed by atoms with E-state index in [4.69, 9.17) is 4.74 Å². The first kappa shape index (κ1) is 41.7. The van der Waals surface area contributed by atoms with Gasteiger partial charge >= 0.3 is 5.97 Å². The molecule has 11 nitrogen and oxygen atoms in total. The van der Waals surface area contributed by atoms with Crippen molar-refractivity contribution < 1.29 is 28.7 Å². The molecule has 2 fully saturated rings. The number of piperidine rings is 1. The molecule has 3 rings (SSSR count). The van der Waals surface area contributed by atoms with Crippen molar-refractivity contribution in [3.05, 3.63) is 47.5 Å². The zero-order chi connectivity index (χ0) is 38.0. The second-order valence-electron chi connectivity index (χ2n) is 15.8. The normalized spacial score (nSPS) is 19.8. The minimum absolute atomic E-state index is 0.0465. The second kappa shape index (κ2) is 18.7. The van der Waals surface area contributed by atoms with E-state index in [1.165, 1.54) is 4.90 Å². The van der Waals surface area contributed by atoms with Gasteiger partial charge in [-0.15, -0.1) is 0 Å². The molecule has 1 N–H and O–H groups in total. The highest BCUT2D eigenvalue weighted by Crippen LogP contribution is 2.27. The lowest BCUT2D eigenvalue weighted by Gasteiger charge is -2.41. The number of amides is 4. The summed E-state index contributed by atoms with van der Waals surface area (Å²) in [5.74, 6) is -1.46. The summed E-state index contributed by atoms with van der Waals surface area (Å²) in [5, 5.41) is 3.13. The van der Waals surface area contributed by atoms with Gasteiger partial charge in [0.25, 0.3) is 0 Å². The number of hydrogen-bond donors (Lipinski definition) is 1. The Morgan fingerprint density at radius 3 is 2.20 bits per heavy atom. The SMILES string of the molecule is CCOC(=O)CN(Cc1ccccc1)C(=O)[C@@H]1CCCN1C(=O)/C(C)=C/[C@H](C(C)C)N(C)C(=O)[C@@H](NC(=O)[C@H]1CCCCN1C(C)C)C(C)(C)C. The van der Waals surface area contributed by atoms with Crippen LogP contribution >= 0.6 is 0 Å². The molecule has 2 saturated heterocycles. The predicted octanol–water partition coefficient (Wildman–Crippen LogP) is 4.79. The Bertz CT molecular complexity index is 1390. The Hall–Kier alpha value is -3.73. The zero-order valence-corrected chi connectivity index (χ0v) is 32.7. The molecule has 4 atom stereocenters. The molecule has 4 amide bonds. The largest absolute Gasteiger partial charge is 0.465 e. The summed E-state index contributed by atoms with van der Waals surface area (Å²) >= 11 is 0. The lowest BCUT2D eigenvalue weighted by Crippen LogP contribution is -2.60. The number of carbonyl (C=O) groups excluding carboxylic acids is 5. The number of likely N-dealkylation sites (tertiary alicyclic amines) is 2. The summed E-state index contributed by atoms with van der Waals surface area (Å²) < 4.78 is 5.17. The molecular weight excluding hydrogens is 646 g/mol. The average Bonchev–Trinajstić information content (AvgIpc) is 3.57. The van der Waals surface area contributed by atoms with Crippen LogP contribution in [0.25, 0.3) is 0 Å². The summed E-state index contributed by atoms with van der Waals surface area (Å²) in [6, 6.07) is 7.44. The van der Waals surface area contributed by atoms with E-state index >= 15 is 0 Å². The summed E-state index contributed by atoms with van der Waals surface area (Å²) in [6.45, 7) is 19.0. The Morgan fingerprint density at radius 1 is 0.961 bits per heavy atom. The molecule has 0 bridgehead atoms. The summed E-state index contributed by atoms with van der Waals surface area (Å²) in [7, 11) is 1.73. The van der Waals surface area contributed by atoms with Crippen molar-refractivity contribution in [2.75, 3.05) is 33.3 Å². The molecule has 284 valence electrons. The van der Waals surface area contributed by atoms with E-state index in [0.717, 1.165) is 31.4 Å². The van der Waals surface area contributed by atoms with Crippen molar-refractivity contribution in [2.24, 2.45) is 11.3 Å². The summed E-state index contributed by atoms with van der Waals surface area (Å²) in [5.41, 5.74) is 0.738. The van der Waals surface area contributed by atoms with Crippen molar-refractivity contribution >= 4 is 29.6 Å². The van der Waals surface area contributed by atoms with Gasteiger partial charge in [0.1, 0.15) is 18.6 Å². The highest BCUT2D eigenvalue weighted by Gasteiger charge is 2.41. The molecule has 0 aromatic heterocycles. The first-order valence-corrected chi connectivity index (χ1v) is 18.8. The number of likely N-dealkylation sites (N-methyl/N-ethyl adjacent to an activating group) is 1. The lowest BCUT2D eigenvalue weighted by molar-refractivity contribution is -0.151. The Balaban J connectivity index is 1.82. The zero-order valence-electron chi connectivity index (χ0n) is 32.7. The quantitative estimate of drug-likeness (QED) is 0.218. The van der Waals surface area contributed by atoms with Gasteiger partial charge in [-0.1, -0.05) is 77.4 Å². The molecule has 2 aliphatic heterocycles. The first-order chi connectivity index (χ1) is 24.0. The number of benzene rings is 1. The fourth-order valence-electron chi connectivity index (χ4n) is 7.25. The maximum absolute atomic E-state index is 14.3. The van der Waals surface area contributed by atoms with Gasteiger partial charge < -0.3 is 24.8 Å². The van der Waals surface area contributed by atoms with Gasteiger partial charge in [-0.25, -0.2) is 0 Å². The van der Waals surface area contributed by atoms with Gasteiger partial charge in [-0.05, 0) is 76.8 Å². The topological polar surface area (TPSA) is 120 Å². The molecule has 0 spiro atoms. The molecule has 11 heteroatoms. The van der Waals surface area contributed by atoms with Crippen molar-refractivity contribution in [1.82, 2.24) is 24.9 Å². The van der Waals surface area contributed by atoms with E-state index in [2.05, 4.69) is 24.1 Å². The number of ether oxygens (including phenoxy) is 1. The van der Waals surface area contributed by atoms with E-state index in [1.54, 1.807) is 30.7 Å². The van der Waals surface area contributed by atoms with Crippen LogP contribution in [0.3, 0.4) is 0 Å². The first-order valence-electron chi connectivity index (χ1n) is 18.8. The molecule has 0 unspecified atom stereocenters. The number of nitrogens with one attached hydrogen (secondary N) is 1. The highest BCUT2D eigenvalue weighted by molar-refractivity contribution is 5.98. The molecule has 1 aromatic carbocycles. The minimum atomic E-state index is -0.771. The molecule has 51 heavy (non-hydrogen) atoms. The third-order valence-corrected chi connectivity index (χ3v) is 10.1. The summed E-state index contributed by atoms with van der Waals surface area (Å²) in [6.07, 6.45) is 5.74. The van der Waals surface area contributed by atoms with Crippen LogP contribution in [0, 0.1) is 11.3 Å². The monoisotopic (exact) mass is 709 g/mol. The van der Waals surface area contributed by atoms with Crippen molar-refractivity contribution in [3.63, 3.8) is 0 Å². The molecule has 0 aliphatic carbocycles. The predicted molar refractivity (Wildman–Crippen MR) is 199 cm³/mol. The molecule has 0 radical (unpaired) electrons. The van der Waals surface area contributed by atoms with E-state index < -0.39 is 29.5 Å². The minimum Gasteiger partial charge on any atom is -0.465 e. The van der Waals surface area contributed by atoms with E-state index in [9.17, 15) is 24.0 Å². The molecule has 2 heterocycles. The van der Waals surface area contributed by atoms with E-state index in [-0.39, 0.29) is 61.3 Å². The molecule has 0 saturated carbocycles. The number of hydrogen-bond acceptors (Lipinski definition) is 7. The van der Waals surface area contributed by atoms with Gasteiger partial charge in [-0.2, -0.15) is 0 Å². The molecular formula is C40H63N5O6. The van der Waals surface area contributed by atoms with E-state index in [0.29, 0.717) is 25.0 Å². The summed E-state index contributed by atoms with van der Waals surface area (Å²) in [4.78, 5) is 75.5. The van der Waals surface area contributed by atoms with Gasteiger partial charge in [0, 0.05) is 31.8 Å². The van der Waals surface area contributed by atoms with Crippen LogP contribution in [0.1, 0.15) is 100.0 Å². The fraction of sp³-hybridized carbons (Fsp3) is 0.675. The fourth-order valence-corrected chi connectivity index (χ4v) is 7.25. The Morgan fingerprint density at radius 2 is 1.61 bits per heavy atom. The van der Waals surface area contributed by atoms with Crippen LogP contribution in [-0.2, 0) is 35.3 Å². The van der Waals surface area contributed by atoms with Crippen LogP contribution in [0.2, 0.25) is 0 Å². The van der Waals surface area contributed by atoms with Crippen LogP contribution in [0.5, 0.6) is 0 Å². The van der Waals surface area contributed by atoms with Gasteiger partial charge in [0.15, 0.2) is 0 Å². The van der Waals surface area contributed by atoms with Crippen molar-refractivity contribution in [3.8, 4) is 0 Å². The van der Waals surface area contributed by atoms with Crippen molar-refractivity contribution in [2.45, 2.75) is 131 Å². The maximum atomic E-state index is 14.3. The number of esters is 1. The van der Waals surface area contributed by atoms with Crippen LogP contribution in [0.4, 0.5) is 0 Å². The Labute approximate surface area is 306 Å². The lowest BCUT2D eigenvalue weighted by atomic mass is 9.84. The van der Waals surface area contributed by atoms with Gasteiger partial charge in [0.05, 0.1) is 18.7 Å². The third-order valence-electron chi connectivity index (χ3n) is 10.1. The van der Waals surface area contributed by atoms with Crippen molar-refractivity contribution in [1.29, 1.82) is 0 Å². The molecule has 1 aromatic rings. The maximum Gasteiger partial charge on any atom is 0.325 e.